The number of hydrogen-bond donors (Lipinski definition) is 1. The first-order valence-corrected chi connectivity index (χ1v) is 10.1. The minimum Gasteiger partial charge on any atom is -0.872 e. The van der Waals surface area contributed by atoms with Gasteiger partial charge in [0.25, 0.3) is 0 Å². The van der Waals surface area contributed by atoms with Crippen molar-refractivity contribution in [2.75, 3.05) is 0 Å². The van der Waals surface area contributed by atoms with Gasteiger partial charge >= 0.3 is 0 Å². The summed E-state index contributed by atoms with van der Waals surface area (Å²) in [6, 6.07) is 24.3. The molecule has 0 aromatic heterocycles. The van der Waals surface area contributed by atoms with E-state index in [-0.39, 0.29) is 11.2 Å². The summed E-state index contributed by atoms with van der Waals surface area (Å²) in [4.78, 5) is 9.87. The number of hydrogen-bond acceptors (Lipinski definition) is 2. The van der Waals surface area contributed by atoms with Gasteiger partial charge in [-0.25, -0.2) is 0 Å². The Balaban J connectivity index is 2.21. The summed E-state index contributed by atoms with van der Waals surface area (Å²) in [7, 11) is -0.517. The molecule has 0 spiro atoms. The molecule has 1 N–H and O–H groups in total. The van der Waals surface area contributed by atoms with Crippen LogP contribution in [0.3, 0.4) is 0 Å². The first-order chi connectivity index (χ1) is 12.8. The van der Waals surface area contributed by atoms with E-state index in [4.69, 9.17) is 0 Å². The summed E-state index contributed by atoms with van der Waals surface area (Å²) < 4.78 is 0. The summed E-state index contributed by atoms with van der Waals surface area (Å²) >= 11 is 0. The van der Waals surface area contributed by atoms with Gasteiger partial charge in [-0.15, -0.1) is 0 Å². The van der Waals surface area contributed by atoms with Crippen LogP contribution < -0.4 is 10.4 Å². The lowest BCUT2D eigenvalue weighted by molar-refractivity contribution is -0.268. The summed E-state index contributed by atoms with van der Waals surface area (Å²) in [5, 5.41) is 13.6. The largest absolute Gasteiger partial charge is 0.872 e. The molecule has 0 saturated heterocycles. The summed E-state index contributed by atoms with van der Waals surface area (Å²) in [6.45, 7) is 8.46. The van der Waals surface area contributed by atoms with E-state index in [9.17, 15) is 10.00 Å². The van der Waals surface area contributed by atoms with Crippen LogP contribution >= 0.6 is 8.81 Å². The second-order valence-corrected chi connectivity index (χ2v) is 8.76. The molecule has 27 heavy (non-hydrogen) atoms. The Labute approximate surface area is 163 Å². The van der Waals surface area contributed by atoms with Gasteiger partial charge in [-0.1, -0.05) is 100 Å². The maximum Gasteiger partial charge on any atom is 0.0414 e. The Morgan fingerprint density at radius 2 is 1.19 bits per heavy atom. The molecule has 3 aromatic rings. The Morgan fingerprint density at radius 1 is 0.704 bits per heavy atom. The second-order valence-electron chi connectivity index (χ2n) is 7.99. The fourth-order valence-corrected chi connectivity index (χ4v) is 4.03. The lowest BCUT2D eigenvalue weighted by atomic mass is 9.73. The van der Waals surface area contributed by atoms with Crippen molar-refractivity contribution >= 4 is 14.1 Å². The third-order valence-electron chi connectivity index (χ3n) is 5.60. The molecule has 0 heterocycles. The molecule has 1 unspecified atom stereocenters. The highest BCUT2D eigenvalue weighted by Crippen LogP contribution is 2.40. The quantitative estimate of drug-likeness (QED) is 0.659. The van der Waals surface area contributed by atoms with E-state index in [0.717, 1.165) is 16.7 Å². The van der Waals surface area contributed by atoms with Crippen molar-refractivity contribution in [1.82, 2.24) is 0 Å². The standard InChI is InChI=1S/C24H27O2P/c1-23(2,17-11-7-5-8-12-17)19-15-20(22(25)21(16-19)27-26)24(3,4)18-13-9-6-10-14-18/h5-16,25-27H,1-4H3/p-1. The highest BCUT2D eigenvalue weighted by Gasteiger charge is 2.29. The smallest absolute Gasteiger partial charge is 0.0414 e. The Morgan fingerprint density at radius 3 is 1.67 bits per heavy atom. The molecule has 2 nitrogen and oxygen atoms in total. The van der Waals surface area contributed by atoms with Gasteiger partial charge in [0.1, 0.15) is 0 Å². The van der Waals surface area contributed by atoms with Gasteiger partial charge in [-0.2, -0.15) is 0 Å². The lowest BCUT2D eigenvalue weighted by Gasteiger charge is -2.35. The van der Waals surface area contributed by atoms with Crippen LogP contribution in [-0.2, 0) is 10.8 Å². The molecule has 0 radical (unpaired) electrons. The molecule has 0 aliphatic rings. The van der Waals surface area contributed by atoms with E-state index >= 15 is 0 Å². The molecule has 0 amide bonds. The van der Waals surface area contributed by atoms with E-state index in [1.807, 2.05) is 48.5 Å². The zero-order valence-corrected chi connectivity index (χ0v) is 17.3. The second kappa shape index (κ2) is 7.46. The zero-order valence-electron chi connectivity index (χ0n) is 16.3. The van der Waals surface area contributed by atoms with Crippen LogP contribution in [0, 0.1) is 0 Å². The minimum absolute atomic E-state index is 0.0581. The van der Waals surface area contributed by atoms with Gasteiger partial charge in [-0.3, -0.25) is 0 Å². The first kappa shape index (κ1) is 19.6. The van der Waals surface area contributed by atoms with Crippen molar-refractivity contribution in [3.63, 3.8) is 0 Å². The fraction of sp³-hybridized carbons (Fsp3) is 0.250. The average Bonchev–Trinajstić information content (AvgIpc) is 2.69. The molecule has 0 fully saturated rings. The van der Waals surface area contributed by atoms with Crippen LogP contribution in [0.1, 0.15) is 49.9 Å². The van der Waals surface area contributed by atoms with Crippen molar-refractivity contribution in [1.29, 1.82) is 0 Å². The predicted octanol–water partition coefficient (Wildman–Crippen LogP) is 4.62. The van der Waals surface area contributed by atoms with Crippen molar-refractivity contribution in [2.45, 2.75) is 38.5 Å². The molecule has 140 valence electrons. The predicted molar refractivity (Wildman–Crippen MR) is 113 cm³/mol. The van der Waals surface area contributed by atoms with E-state index < -0.39 is 14.2 Å². The normalized spacial score (nSPS) is 12.6. The topological polar surface area (TPSA) is 43.3 Å². The van der Waals surface area contributed by atoms with Gasteiger partial charge in [0.15, 0.2) is 0 Å². The third-order valence-corrected chi connectivity index (χ3v) is 6.21. The summed E-state index contributed by atoms with van der Waals surface area (Å²) in [5.41, 5.74) is 3.32. The van der Waals surface area contributed by atoms with Crippen molar-refractivity contribution in [3.05, 3.63) is 95.1 Å². The highest BCUT2D eigenvalue weighted by molar-refractivity contribution is 7.41. The number of benzene rings is 3. The van der Waals surface area contributed by atoms with Gasteiger partial charge in [0.05, 0.1) is 0 Å². The maximum atomic E-state index is 13.1. The van der Waals surface area contributed by atoms with Gasteiger partial charge in [0, 0.05) is 19.6 Å². The molecule has 1 atom stereocenters. The summed E-state index contributed by atoms with van der Waals surface area (Å²) in [5.74, 6) is -0.0581. The van der Waals surface area contributed by atoms with E-state index in [0.29, 0.717) is 5.30 Å². The molecule has 0 bridgehead atoms. The van der Waals surface area contributed by atoms with Crippen molar-refractivity contribution in [3.8, 4) is 5.75 Å². The molecule has 3 heteroatoms. The first-order valence-electron chi connectivity index (χ1n) is 9.15. The zero-order chi connectivity index (χ0) is 19.7. The van der Waals surface area contributed by atoms with Crippen LogP contribution in [0.4, 0.5) is 0 Å². The van der Waals surface area contributed by atoms with Gasteiger partial charge in [-0.05, 0) is 33.6 Å². The van der Waals surface area contributed by atoms with Crippen LogP contribution in [-0.4, -0.2) is 4.89 Å². The molecule has 3 aromatic carbocycles. The minimum atomic E-state index is -0.517. The average molecular weight is 377 g/mol. The van der Waals surface area contributed by atoms with Crippen molar-refractivity contribution in [2.24, 2.45) is 0 Å². The van der Waals surface area contributed by atoms with E-state index in [2.05, 4.69) is 52.0 Å². The molecule has 0 aliphatic heterocycles. The maximum absolute atomic E-state index is 13.1. The molecular weight excluding hydrogens is 351 g/mol. The van der Waals surface area contributed by atoms with Gasteiger partial charge in [0.2, 0.25) is 0 Å². The van der Waals surface area contributed by atoms with E-state index in [1.165, 1.54) is 5.56 Å². The summed E-state index contributed by atoms with van der Waals surface area (Å²) in [6.07, 6.45) is 0. The van der Waals surface area contributed by atoms with Crippen LogP contribution in [0.25, 0.3) is 0 Å². The lowest BCUT2D eigenvalue weighted by Crippen LogP contribution is -2.27. The third kappa shape index (κ3) is 3.65. The Bertz CT molecular complexity index is 916. The molecular formula is C24H26O2P-. The molecule has 0 aliphatic carbocycles. The monoisotopic (exact) mass is 377 g/mol. The van der Waals surface area contributed by atoms with E-state index in [1.54, 1.807) is 0 Å². The SMILES string of the molecule is CC(C)(c1ccccc1)c1cc(PO)c([O-])c(C(C)(C)c2ccccc2)c1. The Kier molecular flexibility index (Phi) is 5.42. The van der Waals surface area contributed by atoms with Crippen LogP contribution in [0.5, 0.6) is 5.75 Å². The van der Waals surface area contributed by atoms with Gasteiger partial charge < -0.3 is 10.00 Å². The number of rotatable bonds is 5. The van der Waals surface area contributed by atoms with Crippen LogP contribution in [0.15, 0.2) is 72.8 Å². The molecule has 3 rings (SSSR count). The fourth-order valence-electron chi connectivity index (χ4n) is 3.57. The highest BCUT2D eigenvalue weighted by atomic mass is 31.1. The molecule has 0 saturated carbocycles. The van der Waals surface area contributed by atoms with Crippen molar-refractivity contribution < 1.29 is 10.00 Å². The Hall–Kier alpha value is -2.15. The van der Waals surface area contributed by atoms with Crippen LogP contribution in [0.2, 0.25) is 0 Å².